The van der Waals surface area contributed by atoms with Crippen molar-refractivity contribution in [2.24, 2.45) is 5.92 Å². The van der Waals surface area contributed by atoms with Crippen molar-refractivity contribution in [3.8, 4) is 0 Å². The lowest BCUT2D eigenvalue weighted by Gasteiger charge is -2.32. The van der Waals surface area contributed by atoms with Gasteiger partial charge in [0, 0.05) is 32.3 Å². The van der Waals surface area contributed by atoms with Gasteiger partial charge in [-0.2, -0.15) is 0 Å². The highest BCUT2D eigenvalue weighted by atomic mass is 35.5. The molecule has 6 heteroatoms. The molecule has 1 aliphatic rings. The van der Waals surface area contributed by atoms with E-state index in [9.17, 15) is 9.59 Å². The summed E-state index contributed by atoms with van der Waals surface area (Å²) in [4.78, 5) is 25.2. The zero-order valence-corrected chi connectivity index (χ0v) is 13.0. The molecule has 1 aromatic rings. The molecule has 1 aromatic heterocycles. The summed E-state index contributed by atoms with van der Waals surface area (Å²) < 4.78 is 1.88. The Hall–Kier alpha value is -1.49. The molecule has 1 saturated heterocycles. The predicted molar refractivity (Wildman–Crippen MR) is 80.6 cm³/mol. The lowest BCUT2D eigenvalue weighted by molar-refractivity contribution is -0.138. The number of carboxylic acid groups (broad SMARTS) is 1. The van der Waals surface area contributed by atoms with Crippen LogP contribution in [0.25, 0.3) is 0 Å². The van der Waals surface area contributed by atoms with Crippen LogP contribution in [-0.4, -0.2) is 39.5 Å². The van der Waals surface area contributed by atoms with Gasteiger partial charge in [-0.3, -0.25) is 9.59 Å². The van der Waals surface area contributed by atoms with Gasteiger partial charge >= 0.3 is 5.97 Å². The van der Waals surface area contributed by atoms with Crippen molar-refractivity contribution in [3.63, 3.8) is 0 Å². The molecule has 21 heavy (non-hydrogen) atoms. The highest BCUT2D eigenvalue weighted by Gasteiger charge is 2.27. The van der Waals surface area contributed by atoms with Crippen molar-refractivity contribution >= 4 is 23.5 Å². The molecule has 1 amide bonds. The summed E-state index contributed by atoms with van der Waals surface area (Å²) in [5.41, 5.74) is 0.595. The first-order valence-corrected chi connectivity index (χ1v) is 7.75. The van der Waals surface area contributed by atoms with Gasteiger partial charge < -0.3 is 14.6 Å². The number of hydrogen-bond acceptors (Lipinski definition) is 2. The number of amides is 1. The smallest absolute Gasteiger partial charge is 0.303 e. The van der Waals surface area contributed by atoms with Crippen molar-refractivity contribution in [2.45, 2.75) is 39.2 Å². The molecule has 1 atom stereocenters. The summed E-state index contributed by atoms with van der Waals surface area (Å²) >= 11 is 6.01. The van der Waals surface area contributed by atoms with Crippen molar-refractivity contribution in [1.29, 1.82) is 0 Å². The first kappa shape index (κ1) is 15.9. The molecule has 1 fully saturated rings. The van der Waals surface area contributed by atoms with Crippen LogP contribution in [0.3, 0.4) is 0 Å². The SMILES string of the molecule is CCCn1cc(Cl)cc1C(=O)N1CCCC(CC(=O)O)C1. The molecule has 0 saturated carbocycles. The van der Waals surface area contributed by atoms with Crippen LogP contribution >= 0.6 is 11.6 Å². The second kappa shape index (κ2) is 6.98. The fraction of sp³-hybridized carbons (Fsp3) is 0.600. The van der Waals surface area contributed by atoms with Gasteiger partial charge in [0.05, 0.1) is 5.02 Å². The maximum absolute atomic E-state index is 12.6. The average molecular weight is 313 g/mol. The van der Waals surface area contributed by atoms with E-state index >= 15 is 0 Å². The number of carbonyl (C=O) groups is 2. The Bertz CT molecular complexity index is 527. The number of rotatable bonds is 5. The third-order valence-corrected chi connectivity index (χ3v) is 4.02. The van der Waals surface area contributed by atoms with Crippen LogP contribution in [0.15, 0.2) is 12.3 Å². The van der Waals surface area contributed by atoms with Crippen LogP contribution in [0.4, 0.5) is 0 Å². The number of carbonyl (C=O) groups excluding carboxylic acids is 1. The number of halogens is 1. The third kappa shape index (κ3) is 4.00. The lowest BCUT2D eigenvalue weighted by Crippen LogP contribution is -2.41. The van der Waals surface area contributed by atoms with E-state index in [0.29, 0.717) is 23.8 Å². The number of nitrogens with zero attached hydrogens (tertiary/aromatic N) is 2. The van der Waals surface area contributed by atoms with E-state index < -0.39 is 5.97 Å². The molecular formula is C15H21ClN2O3. The molecule has 116 valence electrons. The van der Waals surface area contributed by atoms with Crippen LogP contribution in [0, 0.1) is 5.92 Å². The van der Waals surface area contributed by atoms with Crippen LogP contribution in [0.5, 0.6) is 0 Å². The molecular weight excluding hydrogens is 292 g/mol. The first-order chi connectivity index (χ1) is 10.0. The highest BCUT2D eigenvalue weighted by molar-refractivity contribution is 6.31. The molecule has 5 nitrogen and oxygen atoms in total. The summed E-state index contributed by atoms with van der Waals surface area (Å²) in [6.45, 7) is 4.00. The largest absolute Gasteiger partial charge is 0.481 e. The van der Waals surface area contributed by atoms with Crippen LogP contribution in [-0.2, 0) is 11.3 Å². The van der Waals surface area contributed by atoms with Gasteiger partial charge in [0.1, 0.15) is 5.69 Å². The average Bonchev–Trinajstić information content (AvgIpc) is 2.79. The van der Waals surface area contributed by atoms with Gasteiger partial charge in [-0.1, -0.05) is 18.5 Å². The molecule has 0 bridgehead atoms. The monoisotopic (exact) mass is 312 g/mol. The molecule has 2 heterocycles. The second-order valence-corrected chi connectivity index (χ2v) is 6.03. The van der Waals surface area contributed by atoms with Crippen molar-refractivity contribution in [2.75, 3.05) is 13.1 Å². The molecule has 2 rings (SSSR count). The maximum atomic E-state index is 12.6. The van der Waals surface area contributed by atoms with Crippen molar-refractivity contribution in [3.05, 3.63) is 23.0 Å². The van der Waals surface area contributed by atoms with E-state index in [0.717, 1.165) is 25.8 Å². The Morgan fingerprint density at radius 1 is 1.48 bits per heavy atom. The quantitative estimate of drug-likeness (QED) is 0.909. The third-order valence-electron chi connectivity index (χ3n) is 3.82. The first-order valence-electron chi connectivity index (χ1n) is 7.38. The molecule has 1 unspecified atom stereocenters. The zero-order valence-electron chi connectivity index (χ0n) is 12.2. The predicted octanol–water partition coefficient (Wildman–Crippen LogP) is 2.88. The van der Waals surface area contributed by atoms with Gasteiger partial charge in [-0.25, -0.2) is 0 Å². The summed E-state index contributed by atoms with van der Waals surface area (Å²) in [7, 11) is 0. The summed E-state index contributed by atoms with van der Waals surface area (Å²) in [6, 6.07) is 1.69. The summed E-state index contributed by atoms with van der Waals surface area (Å²) in [5.74, 6) is -0.803. The Labute approximate surface area is 129 Å². The Balaban J connectivity index is 2.10. The van der Waals surface area contributed by atoms with E-state index in [1.54, 1.807) is 17.2 Å². The van der Waals surface area contributed by atoms with Crippen LogP contribution < -0.4 is 0 Å². The number of carboxylic acids is 1. The Kier molecular flexibility index (Phi) is 5.28. The number of aromatic nitrogens is 1. The minimum Gasteiger partial charge on any atom is -0.481 e. The van der Waals surface area contributed by atoms with E-state index in [2.05, 4.69) is 0 Å². The highest BCUT2D eigenvalue weighted by Crippen LogP contribution is 2.23. The Morgan fingerprint density at radius 3 is 2.90 bits per heavy atom. The van der Waals surface area contributed by atoms with Crippen molar-refractivity contribution in [1.82, 2.24) is 9.47 Å². The minimum absolute atomic E-state index is 0.0465. The van der Waals surface area contributed by atoms with Crippen molar-refractivity contribution < 1.29 is 14.7 Å². The number of hydrogen-bond donors (Lipinski definition) is 1. The zero-order chi connectivity index (χ0) is 15.4. The molecule has 0 spiro atoms. The van der Waals surface area contributed by atoms with E-state index in [1.165, 1.54) is 0 Å². The standard InChI is InChI=1S/C15H21ClN2O3/c1-2-5-17-10-12(16)8-13(17)15(21)18-6-3-4-11(9-18)7-14(19)20/h8,10-11H,2-7,9H2,1H3,(H,19,20). The molecule has 0 radical (unpaired) electrons. The minimum atomic E-state index is -0.799. The summed E-state index contributed by atoms with van der Waals surface area (Å²) in [5, 5.41) is 9.46. The second-order valence-electron chi connectivity index (χ2n) is 5.59. The van der Waals surface area contributed by atoms with E-state index in [-0.39, 0.29) is 18.2 Å². The van der Waals surface area contributed by atoms with Gasteiger partial charge in [0.2, 0.25) is 0 Å². The fourth-order valence-electron chi connectivity index (χ4n) is 2.90. The number of piperidine rings is 1. The topological polar surface area (TPSA) is 62.5 Å². The number of likely N-dealkylation sites (tertiary alicyclic amines) is 1. The molecule has 0 aromatic carbocycles. The normalized spacial score (nSPS) is 18.8. The van der Waals surface area contributed by atoms with E-state index in [1.807, 2.05) is 11.5 Å². The number of aryl methyl sites for hydroxylation is 1. The van der Waals surface area contributed by atoms with Gasteiger partial charge in [-0.15, -0.1) is 0 Å². The van der Waals surface area contributed by atoms with Crippen LogP contribution in [0.1, 0.15) is 43.1 Å². The maximum Gasteiger partial charge on any atom is 0.303 e. The van der Waals surface area contributed by atoms with Crippen LogP contribution in [0.2, 0.25) is 5.02 Å². The lowest BCUT2D eigenvalue weighted by atomic mass is 9.94. The fourth-order valence-corrected chi connectivity index (χ4v) is 3.13. The van der Waals surface area contributed by atoms with Gasteiger partial charge in [0.15, 0.2) is 0 Å². The van der Waals surface area contributed by atoms with Gasteiger partial charge in [0.25, 0.3) is 5.91 Å². The Morgan fingerprint density at radius 2 is 2.24 bits per heavy atom. The number of aliphatic carboxylic acids is 1. The summed E-state index contributed by atoms with van der Waals surface area (Å²) in [6.07, 6.45) is 4.54. The molecule has 0 aliphatic carbocycles. The molecule has 1 N–H and O–H groups in total. The van der Waals surface area contributed by atoms with Gasteiger partial charge in [-0.05, 0) is 31.2 Å². The molecule has 1 aliphatic heterocycles. The van der Waals surface area contributed by atoms with E-state index in [4.69, 9.17) is 16.7 Å².